The first-order valence-electron chi connectivity index (χ1n) is 7.54. The number of nitrogens with zero attached hydrogens (tertiary/aromatic N) is 3. The highest BCUT2D eigenvalue weighted by molar-refractivity contribution is 8.00. The molecule has 1 fully saturated rings. The number of hydrogen-bond acceptors (Lipinski definition) is 4. The van der Waals surface area contributed by atoms with Crippen molar-refractivity contribution < 1.29 is 4.79 Å². The molecule has 2 aromatic rings. The number of imidazole rings is 1. The lowest BCUT2D eigenvalue weighted by atomic mass is 10.1. The topological polar surface area (TPSA) is 61.9 Å². The number of pyridine rings is 1. The number of nitrogens with one attached hydrogen (secondary N) is 1. The van der Waals surface area contributed by atoms with Crippen molar-refractivity contribution in [1.29, 1.82) is 0 Å². The van der Waals surface area contributed by atoms with Crippen molar-refractivity contribution in [3.63, 3.8) is 0 Å². The highest BCUT2D eigenvalue weighted by Crippen LogP contribution is 2.27. The van der Waals surface area contributed by atoms with Crippen LogP contribution < -0.4 is 0 Å². The van der Waals surface area contributed by atoms with Crippen LogP contribution in [0.2, 0.25) is 0 Å². The zero-order chi connectivity index (χ0) is 14.7. The molecule has 0 bridgehead atoms. The molecule has 1 unspecified atom stereocenters. The van der Waals surface area contributed by atoms with Crippen LogP contribution in [0, 0.1) is 0 Å². The van der Waals surface area contributed by atoms with Gasteiger partial charge >= 0.3 is 0 Å². The van der Waals surface area contributed by atoms with Gasteiger partial charge in [0.2, 0.25) is 5.91 Å². The Morgan fingerprint density at radius 2 is 2.24 bits per heavy atom. The lowest BCUT2D eigenvalue weighted by Gasteiger charge is -2.29. The van der Waals surface area contributed by atoms with E-state index < -0.39 is 0 Å². The lowest BCUT2D eigenvalue weighted by Crippen LogP contribution is -2.40. The van der Waals surface area contributed by atoms with E-state index in [-0.39, 0.29) is 11.2 Å². The van der Waals surface area contributed by atoms with Crippen LogP contribution in [-0.2, 0) is 4.79 Å². The first-order chi connectivity index (χ1) is 10.3. The van der Waals surface area contributed by atoms with Crippen molar-refractivity contribution in [2.75, 3.05) is 13.1 Å². The van der Waals surface area contributed by atoms with Crippen LogP contribution >= 0.6 is 11.8 Å². The molecule has 1 aliphatic rings. The van der Waals surface area contributed by atoms with E-state index in [2.05, 4.69) is 21.9 Å². The van der Waals surface area contributed by atoms with E-state index in [1.165, 1.54) is 18.2 Å². The van der Waals surface area contributed by atoms with Gasteiger partial charge in [0, 0.05) is 19.3 Å². The molecule has 1 N–H and O–H groups in total. The van der Waals surface area contributed by atoms with Gasteiger partial charge in [0.05, 0.1) is 10.8 Å². The Balaban J connectivity index is 1.72. The normalized spacial score (nSPS) is 17.1. The minimum atomic E-state index is -0.0661. The van der Waals surface area contributed by atoms with Crippen LogP contribution in [0.25, 0.3) is 11.2 Å². The van der Waals surface area contributed by atoms with Crippen LogP contribution in [0.5, 0.6) is 0 Å². The number of fused-ring (bicyclic) bond motifs is 1. The smallest absolute Gasteiger partial charge is 0.236 e. The van der Waals surface area contributed by atoms with Crippen molar-refractivity contribution in [2.45, 2.75) is 43.0 Å². The SMILES string of the molecule is CCC(Sc1nc2ncccc2[nH]1)C(=O)N1CCCCC1. The quantitative estimate of drug-likeness (QED) is 0.882. The summed E-state index contributed by atoms with van der Waals surface area (Å²) in [6.45, 7) is 3.86. The first-order valence-corrected chi connectivity index (χ1v) is 8.42. The Morgan fingerprint density at radius 1 is 1.43 bits per heavy atom. The van der Waals surface area contributed by atoms with Gasteiger partial charge in [0.15, 0.2) is 10.8 Å². The largest absolute Gasteiger partial charge is 0.342 e. The van der Waals surface area contributed by atoms with E-state index in [1.807, 2.05) is 17.0 Å². The van der Waals surface area contributed by atoms with Gasteiger partial charge in [-0.1, -0.05) is 18.7 Å². The van der Waals surface area contributed by atoms with E-state index in [9.17, 15) is 4.79 Å². The number of hydrogen-bond donors (Lipinski definition) is 1. The Hall–Kier alpha value is -1.56. The second kappa shape index (κ2) is 6.47. The van der Waals surface area contributed by atoms with Crippen molar-refractivity contribution in [3.8, 4) is 0 Å². The van der Waals surface area contributed by atoms with E-state index >= 15 is 0 Å². The monoisotopic (exact) mass is 304 g/mol. The fourth-order valence-electron chi connectivity index (χ4n) is 2.64. The van der Waals surface area contributed by atoms with E-state index in [0.717, 1.165) is 43.0 Å². The minimum Gasteiger partial charge on any atom is -0.342 e. The Kier molecular flexibility index (Phi) is 4.43. The molecule has 5 nitrogen and oxygen atoms in total. The molecule has 1 amide bonds. The molecule has 112 valence electrons. The molecule has 0 spiro atoms. The lowest BCUT2D eigenvalue weighted by molar-refractivity contribution is -0.131. The fraction of sp³-hybridized carbons (Fsp3) is 0.533. The van der Waals surface area contributed by atoms with Gasteiger partial charge in [0.1, 0.15) is 0 Å². The van der Waals surface area contributed by atoms with Crippen molar-refractivity contribution in [1.82, 2.24) is 19.9 Å². The van der Waals surface area contributed by atoms with Gasteiger partial charge in [-0.3, -0.25) is 4.79 Å². The number of carbonyl (C=O) groups excluding carboxylic acids is 1. The van der Waals surface area contributed by atoms with Crippen LogP contribution in [0.15, 0.2) is 23.5 Å². The summed E-state index contributed by atoms with van der Waals surface area (Å²) in [5.74, 6) is 0.246. The maximum absolute atomic E-state index is 12.6. The first kappa shape index (κ1) is 14.4. The molecule has 1 aliphatic heterocycles. The summed E-state index contributed by atoms with van der Waals surface area (Å²) in [6.07, 6.45) is 6.03. The average molecular weight is 304 g/mol. The van der Waals surface area contributed by atoms with Crippen LogP contribution in [-0.4, -0.2) is 44.1 Å². The van der Waals surface area contributed by atoms with E-state index in [0.29, 0.717) is 5.65 Å². The molecule has 0 aromatic carbocycles. The van der Waals surface area contributed by atoms with Gasteiger partial charge < -0.3 is 9.88 Å². The number of amides is 1. The second-order valence-corrected chi connectivity index (χ2v) is 6.51. The second-order valence-electron chi connectivity index (χ2n) is 5.32. The van der Waals surface area contributed by atoms with Gasteiger partial charge in [-0.2, -0.15) is 0 Å². The predicted molar refractivity (Wildman–Crippen MR) is 84.3 cm³/mol. The molecule has 3 heterocycles. The maximum Gasteiger partial charge on any atom is 0.236 e. The van der Waals surface area contributed by atoms with Crippen molar-refractivity contribution >= 4 is 28.8 Å². The number of thioether (sulfide) groups is 1. The molecular formula is C15H20N4OS. The van der Waals surface area contributed by atoms with Crippen molar-refractivity contribution in [2.24, 2.45) is 0 Å². The molecule has 1 saturated heterocycles. The summed E-state index contributed by atoms with van der Waals surface area (Å²) < 4.78 is 0. The van der Waals surface area contributed by atoms with Gasteiger partial charge in [-0.05, 0) is 37.8 Å². The van der Waals surface area contributed by atoms with Crippen LogP contribution in [0.1, 0.15) is 32.6 Å². The molecule has 1 atom stereocenters. The minimum absolute atomic E-state index is 0.0661. The zero-order valence-electron chi connectivity index (χ0n) is 12.2. The number of rotatable bonds is 4. The maximum atomic E-state index is 12.6. The highest BCUT2D eigenvalue weighted by Gasteiger charge is 2.26. The van der Waals surface area contributed by atoms with Crippen molar-refractivity contribution in [3.05, 3.63) is 18.3 Å². The molecule has 0 saturated carbocycles. The molecule has 21 heavy (non-hydrogen) atoms. The Bertz CT molecular complexity index is 588. The molecule has 0 aliphatic carbocycles. The number of carbonyl (C=O) groups is 1. The fourth-order valence-corrected chi connectivity index (χ4v) is 3.63. The van der Waals surface area contributed by atoms with E-state index in [4.69, 9.17) is 0 Å². The summed E-state index contributed by atoms with van der Waals surface area (Å²) in [7, 11) is 0. The Morgan fingerprint density at radius 3 is 2.95 bits per heavy atom. The number of aromatic nitrogens is 3. The van der Waals surface area contributed by atoms with Gasteiger partial charge in [-0.25, -0.2) is 9.97 Å². The standard InChI is InChI=1S/C15H20N4OS/c1-2-12(14(20)19-9-4-3-5-10-19)21-15-17-11-7-6-8-16-13(11)18-15/h6-8,12H,2-5,9-10H2,1H3,(H,16,17,18). The molecule has 6 heteroatoms. The highest BCUT2D eigenvalue weighted by atomic mass is 32.2. The number of likely N-dealkylation sites (tertiary alicyclic amines) is 1. The third-order valence-electron chi connectivity index (χ3n) is 3.80. The van der Waals surface area contributed by atoms with Crippen LogP contribution in [0.4, 0.5) is 0 Å². The van der Waals surface area contributed by atoms with E-state index in [1.54, 1.807) is 6.20 Å². The summed E-state index contributed by atoms with van der Waals surface area (Å²) in [4.78, 5) is 26.5. The summed E-state index contributed by atoms with van der Waals surface area (Å²) in [6, 6.07) is 3.83. The summed E-state index contributed by atoms with van der Waals surface area (Å²) in [5.41, 5.74) is 1.63. The summed E-state index contributed by atoms with van der Waals surface area (Å²) >= 11 is 1.52. The van der Waals surface area contributed by atoms with Gasteiger partial charge in [0.25, 0.3) is 0 Å². The molecular weight excluding hydrogens is 284 g/mol. The van der Waals surface area contributed by atoms with Crippen LogP contribution in [0.3, 0.4) is 0 Å². The molecule has 0 radical (unpaired) electrons. The average Bonchev–Trinajstić information content (AvgIpc) is 2.95. The van der Waals surface area contributed by atoms with Gasteiger partial charge in [-0.15, -0.1) is 0 Å². The summed E-state index contributed by atoms with van der Waals surface area (Å²) in [5, 5.41) is 0.713. The molecule has 2 aromatic heterocycles. The zero-order valence-corrected chi connectivity index (χ0v) is 13.0. The predicted octanol–water partition coefficient (Wildman–Crippen LogP) is 2.84. The Labute approximate surface area is 128 Å². The number of H-pyrrole nitrogens is 1. The molecule has 3 rings (SSSR count). The third kappa shape index (κ3) is 3.20. The number of piperidine rings is 1. The number of aromatic amines is 1. The third-order valence-corrected chi connectivity index (χ3v) is 5.04.